The van der Waals surface area contributed by atoms with Crippen molar-refractivity contribution < 1.29 is 9.53 Å². The van der Waals surface area contributed by atoms with Crippen LogP contribution in [-0.4, -0.2) is 27.5 Å². The van der Waals surface area contributed by atoms with Gasteiger partial charge in [-0.25, -0.2) is 15.0 Å². The molecule has 2 aromatic heterocycles. The molecule has 3 N–H and O–H groups in total. The van der Waals surface area contributed by atoms with Gasteiger partial charge >= 0.3 is 0 Å². The van der Waals surface area contributed by atoms with Crippen molar-refractivity contribution in [2.24, 2.45) is 0 Å². The summed E-state index contributed by atoms with van der Waals surface area (Å²) < 4.78 is 5.21. The van der Waals surface area contributed by atoms with E-state index < -0.39 is 5.91 Å². The molecule has 126 valence electrons. The van der Waals surface area contributed by atoms with Crippen molar-refractivity contribution in [1.82, 2.24) is 15.0 Å². The average Bonchev–Trinajstić information content (AvgIpc) is 2.65. The van der Waals surface area contributed by atoms with Gasteiger partial charge < -0.3 is 15.8 Å². The van der Waals surface area contributed by atoms with Crippen LogP contribution in [0.1, 0.15) is 17.4 Å². The molecule has 1 aromatic carbocycles. The number of anilines is 2. The molecule has 7 heteroatoms. The number of aromatic nitrogens is 3. The number of ether oxygens (including phenoxy) is 1. The molecule has 0 aliphatic carbocycles. The highest BCUT2D eigenvalue weighted by molar-refractivity contribution is 6.03. The van der Waals surface area contributed by atoms with Crippen LogP contribution in [0.2, 0.25) is 0 Å². The first-order valence-electron chi connectivity index (χ1n) is 7.75. The van der Waals surface area contributed by atoms with Crippen LogP contribution in [0.4, 0.5) is 11.5 Å². The zero-order chi connectivity index (χ0) is 17.6. The highest BCUT2D eigenvalue weighted by Crippen LogP contribution is 2.23. The third kappa shape index (κ3) is 3.89. The topological polar surface area (TPSA) is 103 Å². The van der Waals surface area contributed by atoms with Crippen molar-refractivity contribution in [3.63, 3.8) is 0 Å². The number of nitrogens with one attached hydrogen (secondary N) is 1. The number of hydrogen-bond acceptors (Lipinski definition) is 6. The number of nitrogens with zero attached hydrogens (tertiary/aromatic N) is 3. The zero-order valence-corrected chi connectivity index (χ0v) is 13.6. The van der Waals surface area contributed by atoms with Crippen molar-refractivity contribution in [2.45, 2.75) is 6.92 Å². The van der Waals surface area contributed by atoms with E-state index in [0.717, 1.165) is 5.56 Å². The van der Waals surface area contributed by atoms with E-state index >= 15 is 0 Å². The lowest BCUT2D eigenvalue weighted by molar-refractivity contribution is 0.102. The lowest BCUT2D eigenvalue weighted by Crippen LogP contribution is -2.16. The second-order valence-electron chi connectivity index (χ2n) is 5.13. The van der Waals surface area contributed by atoms with Crippen molar-refractivity contribution >= 4 is 17.4 Å². The summed E-state index contributed by atoms with van der Waals surface area (Å²) in [6.45, 7) is 2.32. The molecular formula is C18H17N5O2. The number of nitrogen functional groups attached to an aromatic ring is 1. The van der Waals surface area contributed by atoms with Crippen LogP contribution in [0.15, 0.2) is 54.9 Å². The van der Waals surface area contributed by atoms with Crippen LogP contribution in [-0.2, 0) is 0 Å². The number of rotatable bonds is 5. The summed E-state index contributed by atoms with van der Waals surface area (Å²) in [6.07, 6.45) is 2.74. The monoisotopic (exact) mass is 335 g/mol. The summed E-state index contributed by atoms with van der Waals surface area (Å²) in [7, 11) is 0. The number of nitrogens with two attached hydrogens (primary N) is 1. The number of carbonyl (C=O) groups is 1. The summed E-state index contributed by atoms with van der Waals surface area (Å²) in [6, 6.07) is 13.1. The van der Waals surface area contributed by atoms with Gasteiger partial charge in [-0.05, 0) is 19.1 Å². The number of carbonyl (C=O) groups excluding carboxylic acids is 1. The van der Waals surface area contributed by atoms with Gasteiger partial charge in [-0.15, -0.1) is 0 Å². The molecule has 0 saturated heterocycles. The van der Waals surface area contributed by atoms with Crippen LogP contribution in [0.3, 0.4) is 0 Å². The van der Waals surface area contributed by atoms with Crippen molar-refractivity contribution in [3.05, 3.63) is 60.6 Å². The third-order valence-electron chi connectivity index (χ3n) is 3.38. The Kier molecular flexibility index (Phi) is 4.84. The van der Waals surface area contributed by atoms with Gasteiger partial charge in [0.25, 0.3) is 5.91 Å². The van der Waals surface area contributed by atoms with E-state index in [1.54, 1.807) is 12.1 Å². The molecule has 1 amide bonds. The maximum atomic E-state index is 12.3. The molecule has 0 aliphatic rings. The van der Waals surface area contributed by atoms with Crippen molar-refractivity contribution in [3.8, 4) is 17.1 Å². The van der Waals surface area contributed by atoms with Gasteiger partial charge in [0, 0.05) is 5.56 Å². The summed E-state index contributed by atoms with van der Waals surface area (Å²) in [4.78, 5) is 24.8. The maximum Gasteiger partial charge on any atom is 0.277 e. The Labute approximate surface area is 144 Å². The Bertz CT molecular complexity index is 866. The highest BCUT2D eigenvalue weighted by Gasteiger charge is 2.12. The fourth-order valence-corrected chi connectivity index (χ4v) is 2.17. The molecule has 0 saturated carbocycles. The van der Waals surface area contributed by atoms with Gasteiger partial charge in [-0.3, -0.25) is 4.79 Å². The minimum Gasteiger partial charge on any atom is -0.477 e. The first-order chi connectivity index (χ1) is 12.2. The molecule has 0 aliphatic heterocycles. The fraction of sp³-hybridized carbons (Fsp3) is 0.111. The second-order valence-corrected chi connectivity index (χ2v) is 5.13. The molecular weight excluding hydrogens is 318 g/mol. The van der Waals surface area contributed by atoms with Gasteiger partial charge in [0.2, 0.25) is 5.88 Å². The SMILES string of the molecule is CCOc1cnc(C(=O)Nc2nc(-c3ccccc3)ccc2N)cn1. The minimum atomic E-state index is -0.444. The molecule has 25 heavy (non-hydrogen) atoms. The molecule has 0 radical (unpaired) electrons. The zero-order valence-electron chi connectivity index (χ0n) is 13.6. The van der Waals surface area contributed by atoms with E-state index in [9.17, 15) is 4.79 Å². The molecule has 3 rings (SSSR count). The molecule has 0 unspecified atom stereocenters. The average molecular weight is 335 g/mol. The maximum absolute atomic E-state index is 12.3. The van der Waals surface area contributed by atoms with Crippen LogP contribution < -0.4 is 15.8 Å². The Morgan fingerprint density at radius 3 is 2.60 bits per heavy atom. The predicted octanol–water partition coefficient (Wildman–Crippen LogP) is 2.77. The van der Waals surface area contributed by atoms with Gasteiger partial charge in [0.1, 0.15) is 5.69 Å². The fourth-order valence-electron chi connectivity index (χ4n) is 2.17. The lowest BCUT2D eigenvalue weighted by Gasteiger charge is -2.09. The van der Waals surface area contributed by atoms with E-state index in [4.69, 9.17) is 10.5 Å². The van der Waals surface area contributed by atoms with Crippen LogP contribution in [0.25, 0.3) is 11.3 Å². The molecule has 0 bridgehead atoms. The van der Waals surface area contributed by atoms with Crippen LogP contribution >= 0.6 is 0 Å². The smallest absolute Gasteiger partial charge is 0.277 e. The number of benzene rings is 1. The van der Waals surface area contributed by atoms with Gasteiger partial charge in [0.15, 0.2) is 5.82 Å². The van der Waals surface area contributed by atoms with E-state index in [1.807, 2.05) is 37.3 Å². The molecule has 0 spiro atoms. The molecule has 0 atom stereocenters. The van der Waals surface area contributed by atoms with Gasteiger partial charge in [0.05, 0.1) is 30.4 Å². The number of amides is 1. The standard InChI is InChI=1S/C18H17N5O2/c1-2-25-16-11-20-15(10-21-16)18(24)23-17-13(19)8-9-14(22-17)12-6-4-3-5-7-12/h3-11H,2,19H2,1H3,(H,22,23,24). The largest absolute Gasteiger partial charge is 0.477 e. The lowest BCUT2D eigenvalue weighted by atomic mass is 10.1. The second kappa shape index (κ2) is 7.39. The van der Waals surface area contributed by atoms with Crippen LogP contribution in [0, 0.1) is 0 Å². The molecule has 7 nitrogen and oxygen atoms in total. The van der Waals surface area contributed by atoms with Gasteiger partial charge in [-0.2, -0.15) is 0 Å². The summed E-state index contributed by atoms with van der Waals surface area (Å²) in [5.41, 5.74) is 8.08. The highest BCUT2D eigenvalue weighted by atomic mass is 16.5. The predicted molar refractivity (Wildman–Crippen MR) is 95.2 cm³/mol. The van der Waals surface area contributed by atoms with Gasteiger partial charge in [-0.1, -0.05) is 30.3 Å². The van der Waals surface area contributed by atoms with Crippen molar-refractivity contribution in [2.75, 3.05) is 17.7 Å². The number of pyridine rings is 1. The Balaban J connectivity index is 1.81. The Hall–Kier alpha value is -3.48. The summed E-state index contributed by atoms with van der Waals surface area (Å²) in [5, 5.41) is 2.67. The van der Waals surface area contributed by atoms with Crippen LogP contribution in [0.5, 0.6) is 5.88 Å². The van der Waals surface area contributed by atoms with E-state index in [2.05, 4.69) is 20.3 Å². The third-order valence-corrected chi connectivity index (χ3v) is 3.38. The molecule has 3 aromatic rings. The molecule has 2 heterocycles. The summed E-state index contributed by atoms with van der Waals surface area (Å²) >= 11 is 0. The van der Waals surface area contributed by atoms with E-state index in [0.29, 0.717) is 23.9 Å². The first kappa shape index (κ1) is 16.4. The summed E-state index contributed by atoms with van der Waals surface area (Å²) in [5.74, 6) is 0.199. The normalized spacial score (nSPS) is 10.3. The van der Waals surface area contributed by atoms with E-state index in [1.165, 1.54) is 12.4 Å². The Morgan fingerprint density at radius 1 is 1.12 bits per heavy atom. The van der Waals surface area contributed by atoms with Crippen molar-refractivity contribution in [1.29, 1.82) is 0 Å². The molecule has 0 fully saturated rings. The first-order valence-corrected chi connectivity index (χ1v) is 7.75. The number of hydrogen-bond donors (Lipinski definition) is 2. The minimum absolute atomic E-state index is 0.148. The van der Waals surface area contributed by atoms with E-state index in [-0.39, 0.29) is 11.5 Å². The quantitative estimate of drug-likeness (QED) is 0.743. The Morgan fingerprint density at radius 2 is 1.92 bits per heavy atom.